The number of imidazole rings is 1. The molecular formula is C11H11F3N2OS. The van der Waals surface area contributed by atoms with Crippen LogP contribution in [0.1, 0.15) is 6.92 Å². The highest BCUT2D eigenvalue weighted by molar-refractivity contribution is 7.71. The molecular weight excluding hydrogens is 265 g/mol. The zero-order chi connectivity index (χ0) is 13.3. The lowest BCUT2D eigenvalue weighted by atomic mass is 10.3. The molecule has 3 nitrogen and oxygen atoms in total. The van der Waals surface area contributed by atoms with Crippen molar-refractivity contribution in [3.05, 3.63) is 23.0 Å². The predicted octanol–water partition coefficient (Wildman–Crippen LogP) is 3.66. The van der Waals surface area contributed by atoms with E-state index in [-0.39, 0.29) is 4.77 Å². The van der Waals surface area contributed by atoms with Gasteiger partial charge in [0.2, 0.25) is 0 Å². The van der Waals surface area contributed by atoms with E-state index in [9.17, 15) is 13.2 Å². The number of nitrogens with one attached hydrogen (secondary N) is 1. The van der Waals surface area contributed by atoms with E-state index in [2.05, 4.69) is 4.98 Å². The number of nitrogens with zero attached hydrogens (tertiary/aromatic N) is 1. The standard InChI is InChI=1S/C11H11F3N2OS/c1-2-17-8-5-3-4-7-9(8)15-10(18)16(7)6-11(12,13)14/h3-5H,2,6H2,1H3,(H,15,18). The third-order valence-corrected chi connectivity index (χ3v) is 2.73. The van der Waals surface area contributed by atoms with Crippen molar-refractivity contribution >= 4 is 23.3 Å². The molecule has 0 radical (unpaired) electrons. The summed E-state index contributed by atoms with van der Waals surface area (Å²) >= 11 is 4.92. The number of hydrogen-bond donors (Lipinski definition) is 1. The smallest absolute Gasteiger partial charge is 0.406 e. The van der Waals surface area contributed by atoms with Crippen molar-refractivity contribution in [1.29, 1.82) is 0 Å². The Balaban J connectivity index is 2.58. The van der Waals surface area contributed by atoms with E-state index < -0.39 is 12.7 Å². The molecule has 0 aliphatic heterocycles. The van der Waals surface area contributed by atoms with Crippen LogP contribution < -0.4 is 4.74 Å². The highest BCUT2D eigenvalue weighted by Gasteiger charge is 2.29. The van der Waals surface area contributed by atoms with Gasteiger partial charge < -0.3 is 14.3 Å². The number of para-hydroxylation sites is 1. The zero-order valence-electron chi connectivity index (χ0n) is 9.54. The first kappa shape index (κ1) is 12.9. The van der Waals surface area contributed by atoms with Gasteiger partial charge in [0, 0.05) is 0 Å². The zero-order valence-corrected chi connectivity index (χ0v) is 10.4. The van der Waals surface area contributed by atoms with Crippen molar-refractivity contribution in [3.8, 4) is 5.75 Å². The average Bonchev–Trinajstić information content (AvgIpc) is 2.56. The van der Waals surface area contributed by atoms with E-state index >= 15 is 0 Å². The molecule has 1 heterocycles. The second kappa shape index (κ2) is 4.64. The molecule has 0 saturated carbocycles. The normalized spacial score (nSPS) is 12.0. The number of aromatic nitrogens is 2. The lowest BCUT2D eigenvalue weighted by Crippen LogP contribution is -2.17. The minimum Gasteiger partial charge on any atom is -0.492 e. The van der Waals surface area contributed by atoms with Crippen molar-refractivity contribution in [1.82, 2.24) is 9.55 Å². The highest BCUT2D eigenvalue weighted by atomic mass is 32.1. The fourth-order valence-corrected chi connectivity index (χ4v) is 2.03. The van der Waals surface area contributed by atoms with Gasteiger partial charge in [0.05, 0.1) is 12.1 Å². The summed E-state index contributed by atoms with van der Waals surface area (Å²) in [5.74, 6) is 0.502. The fraction of sp³-hybridized carbons (Fsp3) is 0.364. The number of aromatic amines is 1. The summed E-state index contributed by atoms with van der Waals surface area (Å²) in [6.07, 6.45) is -4.31. The van der Waals surface area contributed by atoms with Crippen molar-refractivity contribution in [2.45, 2.75) is 19.6 Å². The topological polar surface area (TPSA) is 29.9 Å². The SMILES string of the molecule is CCOc1cccc2c1[nH]c(=S)n2CC(F)(F)F. The molecule has 2 aromatic rings. The summed E-state index contributed by atoms with van der Waals surface area (Å²) in [4.78, 5) is 2.76. The summed E-state index contributed by atoms with van der Waals surface area (Å²) in [6, 6.07) is 4.91. The third-order valence-electron chi connectivity index (χ3n) is 2.41. The second-order valence-corrected chi connectivity index (χ2v) is 4.10. The van der Waals surface area contributed by atoms with E-state index in [1.165, 1.54) is 0 Å². The van der Waals surface area contributed by atoms with Gasteiger partial charge in [0.25, 0.3) is 0 Å². The molecule has 0 unspecified atom stereocenters. The van der Waals surface area contributed by atoms with Gasteiger partial charge in [-0.05, 0) is 31.3 Å². The molecule has 0 amide bonds. The molecule has 0 aliphatic carbocycles. The molecule has 0 aliphatic rings. The Morgan fingerprint density at radius 1 is 1.39 bits per heavy atom. The van der Waals surface area contributed by atoms with E-state index in [4.69, 9.17) is 17.0 Å². The summed E-state index contributed by atoms with van der Waals surface area (Å²) in [5.41, 5.74) is 0.886. The van der Waals surface area contributed by atoms with Gasteiger partial charge in [-0.3, -0.25) is 0 Å². The Hall–Kier alpha value is -1.50. The molecule has 0 fully saturated rings. The van der Waals surface area contributed by atoms with E-state index in [1.54, 1.807) is 25.1 Å². The van der Waals surface area contributed by atoms with Crippen LogP contribution in [0.2, 0.25) is 0 Å². The van der Waals surface area contributed by atoms with Crippen molar-refractivity contribution in [3.63, 3.8) is 0 Å². The first-order valence-electron chi connectivity index (χ1n) is 5.33. The number of ether oxygens (including phenoxy) is 1. The lowest BCUT2D eigenvalue weighted by Gasteiger charge is -2.09. The molecule has 7 heteroatoms. The van der Waals surface area contributed by atoms with Crippen LogP contribution in [-0.2, 0) is 6.54 Å². The van der Waals surface area contributed by atoms with Gasteiger partial charge in [-0.15, -0.1) is 0 Å². The molecule has 0 bridgehead atoms. The summed E-state index contributed by atoms with van der Waals surface area (Å²) < 4.78 is 43.8. The molecule has 0 spiro atoms. The molecule has 1 N–H and O–H groups in total. The van der Waals surface area contributed by atoms with Crippen LogP contribution in [0.5, 0.6) is 5.75 Å². The summed E-state index contributed by atoms with van der Waals surface area (Å²) in [5, 5.41) is 0. The van der Waals surface area contributed by atoms with Crippen LogP contribution in [0.3, 0.4) is 0 Å². The van der Waals surface area contributed by atoms with Crippen molar-refractivity contribution in [2.24, 2.45) is 0 Å². The summed E-state index contributed by atoms with van der Waals surface area (Å²) in [7, 11) is 0. The first-order valence-corrected chi connectivity index (χ1v) is 5.74. The van der Waals surface area contributed by atoms with Gasteiger partial charge in [-0.25, -0.2) is 0 Å². The number of alkyl halides is 3. The Morgan fingerprint density at radius 2 is 2.11 bits per heavy atom. The van der Waals surface area contributed by atoms with Crippen LogP contribution in [-0.4, -0.2) is 22.3 Å². The number of halogens is 3. The first-order chi connectivity index (χ1) is 8.42. The number of rotatable bonds is 3. The summed E-state index contributed by atoms with van der Waals surface area (Å²) in [6.45, 7) is 1.13. The Labute approximate surface area is 106 Å². The van der Waals surface area contributed by atoms with Crippen molar-refractivity contribution in [2.75, 3.05) is 6.61 Å². The molecule has 2 rings (SSSR count). The maximum absolute atomic E-state index is 12.5. The number of fused-ring (bicyclic) bond motifs is 1. The number of H-pyrrole nitrogens is 1. The average molecular weight is 276 g/mol. The molecule has 1 aromatic heterocycles. The van der Waals surface area contributed by atoms with E-state index in [0.29, 0.717) is 23.4 Å². The quantitative estimate of drug-likeness (QED) is 0.867. The third kappa shape index (κ3) is 2.50. The lowest BCUT2D eigenvalue weighted by molar-refractivity contribution is -0.140. The Kier molecular flexibility index (Phi) is 3.34. The Bertz CT molecular complexity index is 615. The minimum absolute atomic E-state index is 0.0366. The Morgan fingerprint density at radius 3 is 2.72 bits per heavy atom. The monoisotopic (exact) mass is 276 g/mol. The fourth-order valence-electron chi connectivity index (χ4n) is 1.77. The predicted molar refractivity (Wildman–Crippen MR) is 64.3 cm³/mol. The minimum atomic E-state index is -4.31. The van der Waals surface area contributed by atoms with Crippen LogP contribution in [0.4, 0.5) is 13.2 Å². The van der Waals surface area contributed by atoms with Gasteiger partial charge in [0.15, 0.2) is 4.77 Å². The maximum Gasteiger partial charge on any atom is 0.406 e. The van der Waals surface area contributed by atoms with Gasteiger partial charge >= 0.3 is 6.18 Å². The van der Waals surface area contributed by atoms with E-state index in [0.717, 1.165) is 4.57 Å². The van der Waals surface area contributed by atoms with Crippen LogP contribution >= 0.6 is 12.2 Å². The maximum atomic E-state index is 12.5. The highest BCUT2D eigenvalue weighted by Crippen LogP contribution is 2.27. The second-order valence-electron chi connectivity index (χ2n) is 3.71. The molecule has 0 atom stereocenters. The molecule has 18 heavy (non-hydrogen) atoms. The van der Waals surface area contributed by atoms with Gasteiger partial charge in [-0.2, -0.15) is 13.2 Å². The van der Waals surface area contributed by atoms with Crippen molar-refractivity contribution < 1.29 is 17.9 Å². The number of hydrogen-bond acceptors (Lipinski definition) is 2. The number of benzene rings is 1. The molecule has 1 aromatic carbocycles. The van der Waals surface area contributed by atoms with Gasteiger partial charge in [-0.1, -0.05) is 6.07 Å². The molecule has 0 saturated heterocycles. The van der Waals surface area contributed by atoms with E-state index in [1.807, 2.05) is 0 Å². The van der Waals surface area contributed by atoms with Crippen LogP contribution in [0.15, 0.2) is 18.2 Å². The van der Waals surface area contributed by atoms with Gasteiger partial charge in [0.1, 0.15) is 17.8 Å². The van der Waals surface area contributed by atoms with Crippen LogP contribution in [0, 0.1) is 4.77 Å². The van der Waals surface area contributed by atoms with Crippen LogP contribution in [0.25, 0.3) is 11.0 Å². The largest absolute Gasteiger partial charge is 0.492 e. The molecule has 98 valence electrons.